The van der Waals surface area contributed by atoms with Gasteiger partial charge in [0.05, 0.1) is 5.69 Å². The maximum absolute atomic E-state index is 13.5. The molecule has 4 rings (SSSR count). The molecule has 166 valence electrons. The van der Waals surface area contributed by atoms with Crippen LogP contribution in [-0.2, 0) is 9.59 Å². The Balaban J connectivity index is 1.80. The summed E-state index contributed by atoms with van der Waals surface area (Å²) in [4.78, 5) is 39.0. The molecule has 8 heteroatoms. The van der Waals surface area contributed by atoms with Crippen molar-refractivity contribution in [2.75, 3.05) is 10.2 Å². The normalized spacial score (nSPS) is 14.9. The van der Waals surface area contributed by atoms with E-state index in [1.165, 1.54) is 24.3 Å². The molecule has 1 N–H and O–H groups in total. The molecular formula is C25H17F3N2O3. The van der Waals surface area contributed by atoms with E-state index < -0.39 is 23.9 Å². The standard InChI is InChI=1S/C25H17F3N2O3/c1-15-7-2-5-12-21(15)30-22(31)19-11-4-3-10-18(19)20(23(30)32)14-16-8-6-9-17(13-16)29-24(33)25(26,27)28/h2-14H,1H3,(H,29,33)/b20-14-. The van der Waals surface area contributed by atoms with E-state index in [-0.39, 0.29) is 11.3 Å². The third kappa shape index (κ3) is 4.27. The lowest BCUT2D eigenvalue weighted by Crippen LogP contribution is -2.42. The number of benzene rings is 3. The van der Waals surface area contributed by atoms with Crippen molar-refractivity contribution >= 4 is 40.7 Å². The Morgan fingerprint density at radius 1 is 0.879 bits per heavy atom. The van der Waals surface area contributed by atoms with Gasteiger partial charge in [0.1, 0.15) is 0 Å². The van der Waals surface area contributed by atoms with Crippen LogP contribution in [0.25, 0.3) is 11.6 Å². The molecule has 5 nitrogen and oxygen atoms in total. The van der Waals surface area contributed by atoms with Crippen molar-refractivity contribution in [1.29, 1.82) is 0 Å². The van der Waals surface area contributed by atoms with Gasteiger partial charge in [-0.15, -0.1) is 0 Å². The van der Waals surface area contributed by atoms with Gasteiger partial charge in [-0.2, -0.15) is 13.2 Å². The smallest absolute Gasteiger partial charge is 0.318 e. The van der Waals surface area contributed by atoms with Crippen LogP contribution in [0, 0.1) is 6.92 Å². The summed E-state index contributed by atoms with van der Waals surface area (Å²) in [6.07, 6.45) is -3.54. The van der Waals surface area contributed by atoms with Crippen LogP contribution in [0.15, 0.2) is 72.8 Å². The summed E-state index contributed by atoms with van der Waals surface area (Å²) in [5.41, 5.74) is 2.43. The van der Waals surface area contributed by atoms with Crippen molar-refractivity contribution < 1.29 is 27.6 Å². The highest BCUT2D eigenvalue weighted by molar-refractivity contribution is 6.43. The average Bonchev–Trinajstić information content (AvgIpc) is 2.77. The molecule has 0 bridgehead atoms. The second-order valence-corrected chi connectivity index (χ2v) is 7.41. The number of imide groups is 1. The molecule has 0 unspecified atom stereocenters. The fourth-order valence-electron chi connectivity index (χ4n) is 3.60. The fourth-order valence-corrected chi connectivity index (χ4v) is 3.60. The minimum absolute atomic E-state index is 0.0740. The summed E-state index contributed by atoms with van der Waals surface area (Å²) >= 11 is 0. The van der Waals surface area contributed by atoms with E-state index in [1.807, 2.05) is 0 Å². The van der Waals surface area contributed by atoms with E-state index in [4.69, 9.17) is 0 Å². The Morgan fingerprint density at radius 2 is 1.55 bits per heavy atom. The minimum Gasteiger partial charge on any atom is -0.318 e. The van der Waals surface area contributed by atoms with E-state index in [0.717, 1.165) is 10.5 Å². The highest BCUT2D eigenvalue weighted by Crippen LogP contribution is 2.34. The monoisotopic (exact) mass is 450 g/mol. The van der Waals surface area contributed by atoms with Crippen LogP contribution < -0.4 is 10.2 Å². The molecule has 3 amide bonds. The molecular weight excluding hydrogens is 433 g/mol. The van der Waals surface area contributed by atoms with Crippen LogP contribution in [0.1, 0.15) is 27.0 Å². The molecule has 0 aromatic heterocycles. The lowest BCUT2D eigenvalue weighted by atomic mass is 9.91. The number of anilines is 2. The molecule has 0 aliphatic carbocycles. The quantitative estimate of drug-likeness (QED) is 0.439. The maximum Gasteiger partial charge on any atom is 0.471 e. The largest absolute Gasteiger partial charge is 0.471 e. The number of nitrogens with zero attached hydrogens (tertiary/aromatic N) is 1. The van der Waals surface area contributed by atoms with Crippen molar-refractivity contribution in [2.24, 2.45) is 0 Å². The molecule has 1 heterocycles. The number of alkyl halides is 3. The molecule has 1 aliphatic rings. The minimum atomic E-state index is -5.03. The first kappa shape index (κ1) is 22.0. The number of hydrogen-bond acceptors (Lipinski definition) is 3. The first-order valence-electron chi connectivity index (χ1n) is 9.90. The first-order valence-corrected chi connectivity index (χ1v) is 9.90. The van der Waals surface area contributed by atoms with Crippen LogP contribution in [0.2, 0.25) is 0 Å². The first-order chi connectivity index (χ1) is 15.7. The molecule has 0 fully saturated rings. The van der Waals surface area contributed by atoms with Gasteiger partial charge in [-0.3, -0.25) is 14.4 Å². The fraction of sp³-hybridized carbons (Fsp3) is 0.0800. The number of carbonyl (C=O) groups is 3. The number of rotatable bonds is 3. The van der Waals surface area contributed by atoms with Gasteiger partial charge >= 0.3 is 12.1 Å². The van der Waals surface area contributed by atoms with Crippen molar-refractivity contribution in [3.8, 4) is 0 Å². The molecule has 3 aromatic rings. The third-order valence-electron chi connectivity index (χ3n) is 5.15. The number of halogens is 3. The Morgan fingerprint density at radius 3 is 2.24 bits per heavy atom. The summed E-state index contributed by atoms with van der Waals surface area (Å²) < 4.78 is 37.8. The van der Waals surface area contributed by atoms with Crippen LogP contribution >= 0.6 is 0 Å². The number of para-hydroxylation sites is 1. The van der Waals surface area contributed by atoms with Crippen LogP contribution in [0.4, 0.5) is 24.5 Å². The van der Waals surface area contributed by atoms with E-state index in [0.29, 0.717) is 22.4 Å². The van der Waals surface area contributed by atoms with E-state index >= 15 is 0 Å². The van der Waals surface area contributed by atoms with Gasteiger partial charge in [-0.1, -0.05) is 48.5 Å². The second kappa shape index (κ2) is 8.38. The second-order valence-electron chi connectivity index (χ2n) is 7.41. The van der Waals surface area contributed by atoms with Gasteiger partial charge in [-0.25, -0.2) is 4.90 Å². The maximum atomic E-state index is 13.5. The number of nitrogens with one attached hydrogen (secondary N) is 1. The number of aryl methyl sites for hydroxylation is 1. The molecule has 0 atom stereocenters. The van der Waals surface area contributed by atoms with Gasteiger partial charge in [0.15, 0.2) is 0 Å². The van der Waals surface area contributed by atoms with E-state index in [1.54, 1.807) is 66.8 Å². The Labute approximate surface area is 187 Å². The van der Waals surface area contributed by atoms with Gasteiger partial charge in [0.2, 0.25) is 0 Å². The number of carbonyl (C=O) groups excluding carboxylic acids is 3. The summed E-state index contributed by atoms with van der Waals surface area (Å²) in [7, 11) is 0. The molecule has 1 aliphatic heterocycles. The molecule has 0 spiro atoms. The highest BCUT2D eigenvalue weighted by atomic mass is 19.4. The SMILES string of the molecule is Cc1ccccc1N1C(=O)/C(=C\c2cccc(NC(=O)C(F)(F)F)c2)c2ccccc2C1=O. The van der Waals surface area contributed by atoms with Gasteiger partial charge in [0, 0.05) is 16.8 Å². The highest BCUT2D eigenvalue weighted by Gasteiger charge is 2.39. The predicted octanol–water partition coefficient (Wildman–Crippen LogP) is 5.22. The topological polar surface area (TPSA) is 66.5 Å². The Bertz CT molecular complexity index is 1310. The zero-order valence-electron chi connectivity index (χ0n) is 17.3. The lowest BCUT2D eigenvalue weighted by molar-refractivity contribution is -0.167. The van der Waals surface area contributed by atoms with Gasteiger partial charge < -0.3 is 5.32 Å². The number of fused-ring (bicyclic) bond motifs is 1. The molecule has 0 saturated heterocycles. The van der Waals surface area contributed by atoms with Crippen molar-refractivity contribution in [1.82, 2.24) is 0 Å². The summed E-state index contributed by atoms with van der Waals surface area (Å²) in [6, 6.07) is 19.3. The van der Waals surface area contributed by atoms with E-state index in [2.05, 4.69) is 0 Å². The molecule has 0 radical (unpaired) electrons. The number of amides is 3. The van der Waals surface area contributed by atoms with E-state index in [9.17, 15) is 27.6 Å². The van der Waals surface area contributed by atoms with Crippen molar-refractivity contribution in [3.05, 3.63) is 95.1 Å². The van der Waals surface area contributed by atoms with Gasteiger partial charge in [-0.05, 0) is 54.0 Å². The van der Waals surface area contributed by atoms with Crippen LogP contribution in [0.3, 0.4) is 0 Å². The van der Waals surface area contributed by atoms with Gasteiger partial charge in [0.25, 0.3) is 11.8 Å². The zero-order chi connectivity index (χ0) is 23.8. The summed E-state index contributed by atoms with van der Waals surface area (Å²) in [6.45, 7) is 1.78. The predicted molar refractivity (Wildman–Crippen MR) is 118 cm³/mol. The van der Waals surface area contributed by atoms with Crippen molar-refractivity contribution in [3.63, 3.8) is 0 Å². The summed E-state index contributed by atoms with van der Waals surface area (Å²) in [5.74, 6) is -3.12. The summed E-state index contributed by atoms with van der Waals surface area (Å²) in [5, 5.41) is 1.80. The zero-order valence-corrected chi connectivity index (χ0v) is 17.3. The lowest BCUT2D eigenvalue weighted by Gasteiger charge is -2.29. The molecule has 33 heavy (non-hydrogen) atoms. The van der Waals surface area contributed by atoms with Crippen LogP contribution in [0.5, 0.6) is 0 Å². The third-order valence-corrected chi connectivity index (χ3v) is 5.15. The Kier molecular flexibility index (Phi) is 5.59. The molecule has 0 saturated carbocycles. The van der Waals surface area contributed by atoms with Crippen molar-refractivity contribution in [2.45, 2.75) is 13.1 Å². The van der Waals surface area contributed by atoms with Crippen LogP contribution in [-0.4, -0.2) is 23.9 Å². The Hall–Kier alpha value is -4.20. The average molecular weight is 450 g/mol. The molecule has 3 aromatic carbocycles. The number of hydrogen-bond donors (Lipinski definition) is 1.